The van der Waals surface area contributed by atoms with Crippen molar-refractivity contribution in [3.8, 4) is 11.5 Å². The summed E-state index contributed by atoms with van der Waals surface area (Å²) in [5.41, 5.74) is 1.80. The predicted octanol–water partition coefficient (Wildman–Crippen LogP) is 3.79. The van der Waals surface area contributed by atoms with E-state index in [1.165, 1.54) is 6.08 Å². The van der Waals surface area contributed by atoms with E-state index in [0.717, 1.165) is 29.7 Å². The second-order valence-electron chi connectivity index (χ2n) is 6.54. The van der Waals surface area contributed by atoms with Gasteiger partial charge in [-0.15, -0.1) is 0 Å². The second-order valence-corrected chi connectivity index (χ2v) is 6.54. The summed E-state index contributed by atoms with van der Waals surface area (Å²) in [6.45, 7) is 2.60. The molecule has 158 valence electrons. The van der Waals surface area contributed by atoms with E-state index in [1.54, 1.807) is 38.5 Å². The lowest BCUT2D eigenvalue weighted by Gasteiger charge is -2.10. The van der Waals surface area contributed by atoms with Gasteiger partial charge in [-0.3, -0.25) is 9.59 Å². The Labute approximate surface area is 177 Å². The number of nitrogens with one attached hydrogen (secondary N) is 2. The Morgan fingerprint density at radius 3 is 2.00 bits per heavy atom. The summed E-state index contributed by atoms with van der Waals surface area (Å²) in [7, 11) is 3.19. The first kappa shape index (κ1) is 22.7. The van der Waals surface area contributed by atoms with Gasteiger partial charge in [-0.1, -0.05) is 37.6 Å². The van der Waals surface area contributed by atoms with E-state index in [-0.39, 0.29) is 11.6 Å². The van der Waals surface area contributed by atoms with Gasteiger partial charge in [0.1, 0.15) is 17.2 Å². The second kappa shape index (κ2) is 12.1. The van der Waals surface area contributed by atoms with Crippen LogP contribution in [0.5, 0.6) is 11.5 Å². The summed E-state index contributed by atoms with van der Waals surface area (Å²) >= 11 is 0. The summed E-state index contributed by atoms with van der Waals surface area (Å²) < 4.78 is 10.3. The number of carbonyl (C=O) groups excluding carboxylic acids is 2. The summed E-state index contributed by atoms with van der Waals surface area (Å²) in [5, 5.41) is 5.51. The van der Waals surface area contributed by atoms with E-state index in [4.69, 9.17) is 9.47 Å². The van der Waals surface area contributed by atoms with Crippen LogP contribution in [0, 0.1) is 0 Å². The van der Waals surface area contributed by atoms with E-state index >= 15 is 0 Å². The van der Waals surface area contributed by atoms with Gasteiger partial charge in [0.05, 0.1) is 14.2 Å². The van der Waals surface area contributed by atoms with E-state index in [1.807, 2.05) is 43.3 Å². The third kappa shape index (κ3) is 7.47. The normalized spacial score (nSPS) is 11.2. The molecule has 0 aliphatic carbocycles. The number of hydrogen-bond acceptors (Lipinski definition) is 4. The highest BCUT2D eigenvalue weighted by Crippen LogP contribution is 2.14. The zero-order valence-corrected chi connectivity index (χ0v) is 17.6. The number of rotatable bonds is 10. The Balaban J connectivity index is 2.13. The number of carbonyl (C=O) groups is 2. The van der Waals surface area contributed by atoms with E-state index in [0.29, 0.717) is 12.3 Å². The van der Waals surface area contributed by atoms with Crippen molar-refractivity contribution in [1.82, 2.24) is 10.6 Å². The molecule has 0 heterocycles. The monoisotopic (exact) mass is 408 g/mol. The van der Waals surface area contributed by atoms with E-state index in [9.17, 15) is 9.59 Å². The summed E-state index contributed by atoms with van der Waals surface area (Å²) in [6, 6.07) is 14.5. The van der Waals surface area contributed by atoms with Crippen LogP contribution in [0.25, 0.3) is 12.2 Å². The molecule has 0 unspecified atom stereocenters. The minimum absolute atomic E-state index is 0.181. The first-order valence-electron chi connectivity index (χ1n) is 9.82. The fraction of sp³-hybridized carbons (Fsp3) is 0.250. The van der Waals surface area contributed by atoms with Crippen molar-refractivity contribution in [3.05, 3.63) is 71.4 Å². The zero-order chi connectivity index (χ0) is 21.8. The molecule has 0 saturated carbocycles. The molecule has 0 atom stereocenters. The highest BCUT2D eigenvalue weighted by atomic mass is 16.5. The number of methoxy groups -OCH3 is 2. The maximum atomic E-state index is 12.6. The molecular weight excluding hydrogens is 380 g/mol. The zero-order valence-electron chi connectivity index (χ0n) is 17.6. The topological polar surface area (TPSA) is 76.7 Å². The molecule has 2 N–H and O–H groups in total. The molecule has 0 saturated heterocycles. The maximum absolute atomic E-state index is 12.6. The average Bonchev–Trinajstić information content (AvgIpc) is 2.78. The molecule has 6 nitrogen and oxygen atoms in total. The van der Waals surface area contributed by atoms with Crippen molar-refractivity contribution in [2.45, 2.75) is 19.8 Å². The SMILES string of the molecule is CCCCNC(=O)C(=Cc1ccc(OC)cc1)NC(=O)C=Cc1ccc(OC)cc1. The van der Waals surface area contributed by atoms with Gasteiger partial charge in [-0.05, 0) is 54.0 Å². The fourth-order valence-corrected chi connectivity index (χ4v) is 2.56. The van der Waals surface area contributed by atoms with Crippen molar-refractivity contribution in [2.24, 2.45) is 0 Å². The molecule has 2 aromatic carbocycles. The first-order valence-corrected chi connectivity index (χ1v) is 9.82. The fourth-order valence-electron chi connectivity index (χ4n) is 2.56. The minimum Gasteiger partial charge on any atom is -0.497 e. The number of amides is 2. The Hall–Kier alpha value is -3.54. The molecule has 2 amide bonds. The smallest absolute Gasteiger partial charge is 0.267 e. The Morgan fingerprint density at radius 1 is 0.900 bits per heavy atom. The third-order valence-electron chi connectivity index (χ3n) is 4.29. The standard InChI is InChI=1S/C24H28N2O4/c1-4-5-16-25-24(28)22(17-19-8-13-21(30-3)14-9-19)26-23(27)15-10-18-6-11-20(29-2)12-7-18/h6-15,17H,4-5,16H2,1-3H3,(H,25,28)(H,26,27). The molecular formula is C24H28N2O4. The van der Waals surface area contributed by atoms with Crippen LogP contribution >= 0.6 is 0 Å². The van der Waals surface area contributed by atoms with Crippen LogP contribution in [0.3, 0.4) is 0 Å². The van der Waals surface area contributed by atoms with Crippen molar-refractivity contribution in [3.63, 3.8) is 0 Å². The lowest BCUT2D eigenvalue weighted by Crippen LogP contribution is -2.34. The summed E-state index contributed by atoms with van der Waals surface area (Å²) in [5.74, 6) is 0.735. The Kier molecular flexibility index (Phi) is 9.18. The maximum Gasteiger partial charge on any atom is 0.267 e. The quantitative estimate of drug-likeness (QED) is 0.463. The molecule has 0 fully saturated rings. The molecule has 0 aliphatic heterocycles. The summed E-state index contributed by atoms with van der Waals surface area (Å²) in [6.07, 6.45) is 6.54. The van der Waals surface area contributed by atoms with E-state index < -0.39 is 5.91 Å². The van der Waals surface area contributed by atoms with Gasteiger partial charge in [0.2, 0.25) is 5.91 Å². The van der Waals surface area contributed by atoms with Crippen LogP contribution in [0.2, 0.25) is 0 Å². The van der Waals surface area contributed by atoms with Gasteiger partial charge in [0.15, 0.2) is 0 Å². The van der Waals surface area contributed by atoms with Crippen LogP contribution < -0.4 is 20.1 Å². The van der Waals surface area contributed by atoms with Gasteiger partial charge < -0.3 is 20.1 Å². The molecule has 2 rings (SSSR count). The molecule has 0 aromatic heterocycles. The molecule has 0 aliphatic rings. The molecule has 0 radical (unpaired) electrons. The van der Waals surface area contributed by atoms with Crippen LogP contribution in [0.1, 0.15) is 30.9 Å². The molecule has 30 heavy (non-hydrogen) atoms. The Morgan fingerprint density at radius 2 is 1.47 bits per heavy atom. The van der Waals surface area contributed by atoms with Crippen LogP contribution in [0.15, 0.2) is 60.3 Å². The van der Waals surface area contributed by atoms with Crippen LogP contribution in [-0.2, 0) is 9.59 Å². The number of unbranched alkanes of at least 4 members (excludes halogenated alkanes) is 1. The van der Waals surface area contributed by atoms with Gasteiger partial charge in [-0.25, -0.2) is 0 Å². The average molecular weight is 408 g/mol. The Bertz CT molecular complexity index is 884. The van der Waals surface area contributed by atoms with Crippen molar-refractivity contribution in [1.29, 1.82) is 0 Å². The lowest BCUT2D eigenvalue weighted by atomic mass is 10.1. The van der Waals surface area contributed by atoms with Gasteiger partial charge in [0, 0.05) is 12.6 Å². The van der Waals surface area contributed by atoms with E-state index in [2.05, 4.69) is 10.6 Å². The van der Waals surface area contributed by atoms with Gasteiger partial charge >= 0.3 is 0 Å². The largest absolute Gasteiger partial charge is 0.497 e. The van der Waals surface area contributed by atoms with Crippen LogP contribution in [0.4, 0.5) is 0 Å². The molecule has 0 bridgehead atoms. The third-order valence-corrected chi connectivity index (χ3v) is 4.29. The molecule has 0 spiro atoms. The number of ether oxygens (including phenoxy) is 2. The lowest BCUT2D eigenvalue weighted by molar-refractivity contribution is -0.121. The highest BCUT2D eigenvalue weighted by molar-refractivity contribution is 6.04. The molecule has 2 aromatic rings. The minimum atomic E-state index is -0.392. The first-order chi connectivity index (χ1) is 14.5. The number of benzene rings is 2. The number of hydrogen-bond donors (Lipinski definition) is 2. The highest BCUT2D eigenvalue weighted by Gasteiger charge is 2.11. The van der Waals surface area contributed by atoms with Gasteiger partial charge in [-0.2, -0.15) is 0 Å². The predicted molar refractivity (Wildman–Crippen MR) is 119 cm³/mol. The van der Waals surface area contributed by atoms with Crippen molar-refractivity contribution < 1.29 is 19.1 Å². The van der Waals surface area contributed by atoms with Crippen LogP contribution in [-0.4, -0.2) is 32.6 Å². The van der Waals surface area contributed by atoms with Crippen molar-refractivity contribution >= 4 is 24.0 Å². The van der Waals surface area contributed by atoms with Crippen molar-refractivity contribution in [2.75, 3.05) is 20.8 Å². The molecule has 6 heteroatoms. The summed E-state index contributed by atoms with van der Waals surface area (Å²) in [4.78, 5) is 25.0. The van der Waals surface area contributed by atoms with Gasteiger partial charge in [0.25, 0.3) is 5.91 Å².